The molecule has 6 heteroatoms. The van der Waals surface area contributed by atoms with E-state index in [2.05, 4.69) is 16.5 Å². The molecule has 18 heavy (non-hydrogen) atoms. The van der Waals surface area contributed by atoms with Crippen LogP contribution in [0.5, 0.6) is 0 Å². The van der Waals surface area contributed by atoms with Gasteiger partial charge in [0, 0.05) is 19.6 Å². The highest BCUT2D eigenvalue weighted by Gasteiger charge is 2.36. The van der Waals surface area contributed by atoms with Gasteiger partial charge in [-0.1, -0.05) is 17.8 Å². The molecule has 0 bridgehead atoms. The molecule has 100 valence electrons. The second kappa shape index (κ2) is 5.75. The lowest BCUT2D eigenvalue weighted by molar-refractivity contribution is 0.0722. The molecule has 1 aliphatic carbocycles. The van der Waals surface area contributed by atoms with Crippen LogP contribution in [0.3, 0.4) is 0 Å². The Morgan fingerprint density at radius 3 is 2.89 bits per heavy atom. The second-order valence-corrected chi connectivity index (χ2v) is 5.61. The fourth-order valence-electron chi connectivity index (χ4n) is 2.23. The van der Waals surface area contributed by atoms with Crippen molar-refractivity contribution in [3.8, 4) is 0 Å². The lowest BCUT2D eigenvalue weighted by Crippen LogP contribution is -2.43. The first-order valence-corrected chi connectivity index (χ1v) is 7.24. The molecular weight excluding hydrogens is 248 g/mol. The second-order valence-electron chi connectivity index (χ2n) is 4.86. The molecule has 2 rings (SSSR count). The third-order valence-corrected chi connectivity index (χ3v) is 4.22. The van der Waals surface area contributed by atoms with E-state index < -0.39 is 0 Å². The van der Waals surface area contributed by atoms with E-state index in [1.165, 1.54) is 24.4 Å². The summed E-state index contributed by atoms with van der Waals surface area (Å²) >= 11 is 1.19. The zero-order valence-corrected chi connectivity index (χ0v) is 11.7. The van der Waals surface area contributed by atoms with E-state index in [4.69, 9.17) is 5.73 Å². The smallest absolute Gasteiger partial charge is 0.267 e. The zero-order valence-electron chi connectivity index (χ0n) is 10.9. The van der Waals surface area contributed by atoms with E-state index in [0.717, 1.165) is 18.5 Å². The minimum absolute atomic E-state index is 0.0239. The molecule has 0 spiro atoms. The molecule has 1 fully saturated rings. The summed E-state index contributed by atoms with van der Waals surface area (Å²) in [4.78, 5) is 14.9. The Labute approximate surface area is 112 Å². The van der Waals surface area contributed by atoms with Gasteiger partial charge in [0.1, 0.15) is 4.88 Å². The molecule has 1 saturated carbocycles. The number of likely N-dealkylation sites (N-methyl/N-ethyl adjacent to an activating group) is 1. The molecule has 1 amide bonds. The first-order chi connectivity index (χ1) is 8.69. The van der Waals surface area contributed by atoms with Gasteiger partial charge in [-0.3, -0.25) is 4.79 Å². The maximum absolute atomic E-state index is 12.4. The van der Waals surface area contributed by atoms with Crippen LogP contribution in [0.2, 0.25) is 0 Å². The summed E-state index contributed by atoms with van der Waals surface area (Å²) < 4.78 is 3.90. The predicted octanol–water partition coefficient (Wildman–Crippen LogP) is 1.30. The highest BCUT2D eigenvalue weighted by atomic mass is 32.1. The van der Waals surface area contributed by atoms with Crippen molar-refractivity contribution in [2.24, 2.45) is 11.7 Å². The summed E-state index contributed by atoms with van der Waals surface area (Å²) in [6, 6.07) is 0.161. The summed E-state index contributed by atoms with van der Waals surface area (Å²) in [5.41, 5.74) is 6.61. The van der Waals surface area contributed by atoms with Crippen molar-refractivity contribution in [3.63, 3.8) is 0 Å². The van der Waals surface area contributed by atoms with Crippen LogP contribution in [0.25, 0.3) is 0 Å². The number of nitrogens with two attached hydrogens (primary N) is 1. The van der Waals surface area contributed by atoms with Gasteiger partial charge in [0.15, 0.2) is 0 Å². The van der Waals surface area contributed by atoms with Gasteiger partial charge in [0.25, 0.3) is 5.91 Å². The maximum atomic E-state index is 12.4. The summed E-state index contributed by atoms with van der Waals surface area (Å²) in [5, 5.41) is 4.04. The van der Waals surface area contributed by atoms with Crippen LogP contribution < -0.4 is 5.73 Å². The first kappa shape index (κ1) is 13.4. The summed E-state index contributed by atoms with van der Waals surface area (Å²) in [5.74, 6) is 0.607. The van der Waals surface area contributed by atoms with Crippen LogP contribution in [-0.4, -0.2) is 40.0 Å². The molecule has 1 unspecified atom stereocenters. The van der Waals surface area contributed by atoms with Crippen LogP contribution in [0.15, 0.2) is 0 Å². The van der Waals surface area contributed by atoms with Gasteiger partial charge >= 0.3 is 0 Å². The Bertz CT molecular complexity index is 416. The largest absolute Gasteiger partial charge is 0.336 e. The van der Waals surface area contributed by atoms with Crippen molar-refractivity contribution in [2.75, 3.05) is 13.6 Å². The van der Waals surface area contributed by atoms with Crippen molar-refractivity contribution in [1.82, 2.24) is 14.5 Å². The number of nitrogens with zero attached hydrogens (tertiary/aromatic N) is 3. The lowest BCUT2D eigenvalue weighted by atomic mass is 10.1. The van der Waals surface area contributed by atoms with Crippen molar-refractivity contribution in [2.45, 2.75) is 38.6 Å². The highest BCUT2D eigenvalue weighted by Crippen LogP contribution is 2.35. The summed E-state index contributed by atoms with van der Waals surface area (Å²) in [6.45, 7) is 2.60. The van der Waals surface area contributed by atoms with Crippen LogP contribution >= 0.6 is 11.5 Å². The third kappa shape index (κ3) is 2.70. The average molecular weight is 268 g/mol. The van der Waals surface area contributed by atoms with E-state index >= 15 is 0 Å². The van der Waals surface area contributed by atoms with Gasteiger partial charge < -0.3 is 10.6 Å². The lowest BCUT2D eigenvalue weighted by Gasteiger charge is -2.26. The molecule has 2 N–H and O–H groups in total. The molecule has 0 aromatic carbocycles. The number of carbonyl (C=O) groups excluding carboxylic acids is 1. The van der Waals surface area contributed by atoms with Gasteiger partial charge in [-0.05, 0) is 36.7 Å². The molecule has 5 nitrogen and oxygen atoms in total. The maximum Gasteiger partial charge on any atom is 0.267 e. The van der Waals surface area contributed by atoms with E-state index in [0.29, 0.717) is 17.3 Å². The standard InChI is InChI=1S/C12H20N4OS/c1-3-4-9-11(18-15-14-9)12(17)16(2)10(7-13)8-5-6-8/h8,10H,3-7,13H2,1-2H3. The molecule has 1 aromatic rings. The van der Waals surface area contributed by atoms with Gasteiger partial charge in [0.2, 0.25) is 0 Å². The number of amides is 1. The SMILES string of the molecule is CCCc1nnsc1C(=O)N(C)C(CN)C1CC1. The van der Waals surface area contributed by atoms with Crippen LogP contribution in [0, 0.1) is 5.92 Å². The Kier molecular flexibility index (Phi) is 4.29. The quantitative estimate of drug-likeness (QED) is 0.844. The monoisotopic (exact) mass is 268 g/mol. The zero-order chi connectivity index (χ0) is 13.1. The predicted molar refractivity (Wildman–Crippen MR) is 71.6 cm³/mol. The molecular formula is C12H20N4OS. The van der Waals surface area contributed by atoms with Crippen molar-refractivity contribution >= 4 is 17.4 Å². The average Bonchev–Trinajstić information content (AvgIpc) is 3.09. The Morgan fingerprint density at radius 1 is 1.61 bits per heavy atom. The molecule has 0 saturated heterocycles. The Morgan fingerprint density at radius 2 is 2.33 bits per heavy atom. The van der Waals surface area contributed by atoms with E-state index in [9.17, 15) is 4.79 Å². The van der Waals surface area contributed by atoms with Gasteiger partial charge in [-0.25, -0.2) is 0 Å². The number of hydrogen-bond donors (Lipinski definition) is 1. The molecule has 1 heterocycles. The third-order valence-electron chi connectivity index (χ3n) is 3.46. The number of aryl methyl sites for hydroxylation is 1. The fraction of sp³-hybridized carbons (Fsp3) is 0.750. The summed E-state index contributed by atoms with van der Waals surface area (Å²) in [7, 11) is 1.84. The van der Waals surface area contributed by atoms with Gasteiger partial charge in [-0.15, -0.1) is 5.10 Å². The molecule has 1 aromatic heterocycles. The molecule has 0 radical (unpaired) electrons. The normalized spacial score (nSPS) is 16.6. The number of aromatic nitrogens is 2. The van der Waals surface area contributed by atoms with Crippen LogP contribution in [0.1, 0.15) is 41.6 Å². The fourth-order valence-corrected chi connectivity index (χ4v) is 2.92. The van der Waals surface area contributed by atoms with E-state index in [1.807, 2.05) is 7.05 Å². The van der Waals surface area contributed by atoms with E-state index in [-0.39, 0.29) is 11.9 Å². The molecule has 0 aliphatic heterocycles. The van der Waals surface area contributed by atoms with Crippen LogP contribution in [-0.2, 0) is 6.42 Å². The van der Waals surface area contributed by atoms with Crippen molar-refractivity contribution in [3.05, 3.63) is 10.6 Å². The highest BCUT2D eigenvalue weighted by molar-refractivity contribution is 7.08. The molecule has 1 atom stereocenters. The van der Waals surface area contributed by atoms with Crippen LogP contribution in [0.4, 0.5) is 0 Å². The number of hydrogen-bond acceptors (Lipinski definition) is 5. The Hall–Kier alpha value is -1.01. The minimum atomic E-state index is 0.0239. The van der Waals surface area contributed by atoms with Gasteiger partial charge in [-0.2, -0.15) is 0 Å². The van der Waals surface area contributed by atoms with Crippen molar-refractivity contribution < 1.29 is 4.79 Å². The number of carbonyl (C=O) groups is 1. The first-order valence-electron chi connectivity index (χ1n) is 6.47. The topological polar surface area (TPSA) is 72.1 Å². The van der Waals surface area contributed by atoms with Crippen molar-refractivity contribution in [1.29, 1.82) is 0 Å². The summed E-state index contributed by atoms with van der Waals surface area (Å²) in [6.07, 6.45) is 4.14. The van der Waals surface area contributed by atoms with E-state index in [1.54, 1.807) is 4.90 Å². The Balaban J connectivity index is 2.11. The molecule has 1 aliphatic rings. The minimum Gasteiger partial charge on any atom is -0.336 e. The number of rotatable bonds is 6. The van der Waals surface area contributed by atoms with Gasteiger partial charge in [0.05, 0.1) is 5.69 Å².